The van der Waals surface area contributed by atoms with Crippen LogP contribution in [0, 0.1) is 6.92 Å². The predicted molar refractivity (Wildman–Crippen MR) is 102 cm³/mol. The first-order valence-electron chi connectivity index (χ1n) is 9.51. The molecule has 2 fully saturated rings. The number of para-hydroxylation sites is 1. The molecule has 0 amide bonds. The summed E-state index contributed by atoms with van der Waals surface area (Å²) in [6.45, 7) is 5.91. The number of hydrogen-bond donors (Lipinski definition) is 3. The van der Waals surface area contributed by atoms with Gasteiger partial charge in [0, 0.05) is 29.7 Å². The van der Waals surface area contributed by atoms with E-state index in [1.807, 2.05) is 0 Å². The standard InChI is InChI=1S/C20H28N4O/c1-3-21-20(24-18-12-14-8-9-19(18)25-14)22-11-10-15-13(2)23-17-7-5-4-6-16(15)17/h4-7,14,18-19,23H,3,8-12H2,1-2H3,(H2,21,22,24). The van der Waals surface area contributed by atoms with Crippen molar-refractivity contribution < 1.29 is 4.74 Å². The van der Waals surface area contributed by atoms with Crippen molar-refractivity contribution in [3.63, 3.8) is 0 Å². The first-order valence-corrected chi connectivity index (χ1v) is 9.51. The molecule has 3 unspecified atom stereocenters. The number of ether oxygens (including phenoxy) is 1. The number of H-pyrrole nitrogens is 1. The molecule has 3 N–H and O–H groups in total. The van der Waals surface area contributed by atoms with Crippen LogP contribution < -0.4 is 10.6 Å². The van der Waals surface area contributed by atoms with Crippen molar-refractivity contribution in [2.75, 3.05) is 13.1 Å². The lowest BCUT2D eigenvalue weighted by atomic mass is 9.96. The normalized spacial score (nSPS) is 25.7. The van der Waals surface area contributed by atoms with Crippen LogP contribution in [0.3, 0.4) is 0 Å². The van der Waals surface area contributed by atoms with Crippen LogP contribution in [0.5, 0.6) is 0 Å². The van der Waals surface area contributed by atoms with E-state index in [1.54, 1.807) is 0 Å². The molecule has 0 saturated carbocycles. The van der Waals surface area contributed by atoms with Crippen LogP contribution in [0.25, 0.3) is 10.9 Å². The minimum atomic E-state index is 0.365. The minimum Gasteiger partial charge on any atom is -0.373 e. The number of aliphatic imine (C=N–C) groups is 1. The Morgan fingerprint density at radius 2 is 2.20 bits per heavy atom. The fourth-order valence-electron chi connectivity index (χ4n) is 4.22. The summed E-state index contributed by atoms with van der Waals surface area (Å²) in [5.41, 5.74) is 3.83. The van der Waals surface area contributed by atoms with Crippen molar-refractivity contribution in [3.05, 3.63) is 35.5 Å². The Balaban J connectivity index is 1.42. The second kappa shape index (κ2) is 7.08. The third-order valence-electron chi connectivity index (χ3n) is 5.43. The fraction of sp³-hybridized carbons (Fsp3) is 0.550. The van der Waals surface area contributed by atoms with Crippen molar-refractivity contribution in [1.29, 1.82) is 0 Å². The Morgan fingerprint density at radius 3 is 2.96 bits per heavy atom. The number of aryl methyl sites for hydroxylation is 1. The molecule has 2 aliphatic heterocycles. The molecule has 0 aliphatic carbocycles. The van der Waals surface area contributed by atoms with E-state index >= 15 is 0 Å². The maximum absolute atomic E-state index is 5.94. The third kappa shape index (κ3) is 3.38. The lowest BCUT2D eigenvalue weighted by Crippen LogP contribution is -2.47. The Labute approximate surface area is 149 Å². The van der Waals surface area contributed by atoms with Crippen LogP contribution in [0.15, 0.2) is 29.3 Å². The average molecular weight is 340 g/mol. The molecule has 5 heteroatoms. The Bertz CT molecular complexity index is 766. The zero-order valence-electron chi connectivity index (χ0n) is 15.1. The minimum absolute atomic E-state index is 0.365. The number of hydrogen-bond acceptors (Lipinski definition) is 2. The van der Waals surface area contributed by atoms with E-state index < -0.39 is 0 Å². The van der Waals surface area contributed by atoms with Gasteiger partial charge in [-0.2, -0.15) is 0 Å². The van der Waals surface area contributed by atoms with E-state index in [4.69, 9.17) is 9.73 Å². The van der Waals surface area contributed by atoms with Gasteiger partial charge in [-0.05, 0) is 51.2 Å². The largest absolute Gasteiger partial charge is 0.373 e. The number of aromatic nitrogens is 1. The quantitative estimate of drug-likeness (QED) is 0.579. The molecule has 3 atom stereocenters. The van der Waals surface area contributed by atoms with Crippen LogP contribution in [0.1, 0.15) is 37.4 Å². The summed E-state index contributed by atoms with van der Waals surface area (Å²) in [5, 5.41) is 8.28. The monoisotopic (exact) mass is 340 g/mol. The van der Waals surface area contributed by atoms with Gasteiger partial charge in [-0.1, -0.05) is 18.2 Å². The number of nitrogens with one attached hydrogen (secondary N) is 3. The van der Waals surface area contributed by atoms with Gasteiger partial charge in [0.15, 0.2) is 5.96 Å². The SMILES string of the molecule is CCNC(=NCCc1c(C)[nH]c2ccccc12)NC1CC2CCC1O2. The molecule has 4 rings (SSSR count). The number of rotatable bonds is 5. The van der Waals surface area contributed by atoms with Gasteiger partial charge in [-0.3, -0.25) is 4.99 Å². The Hall–Kier alpha value is -2.01. The number of aromatic amines is 1. The molecule has 134 valence electrons. The van der Waals surface area contributed by atoms with Gasteiger partial charge in [0.05, 0.1) is 18.2 Å². The second-order valence-corrected chi connectivity index (χ2v) is 7.15. The molecule has 25 heavy (non-hydrogen) atoms. The van der Waals surface area contributed by atoms with E-state index in [0.29, 0.717) is 18.2 Å². The molecule has 3 heterocycles. The van der Waals surface area contributed by atoms with Crippen molar-refractivity contribution in [1.82, 2.24) is 15.6 Å². The molecule has 1 aromatic carbocycles. The smallest absolute Gasteiger partial charge is 0.191 e. The Kier molecular flexibility index (Phi) is 4.66. The first kappa shape index (κ1) is 16.5. The number of guanidine groups is 1. The van der Waals surface area contributed by atoms with E-state index in [0.717, 1.165) is 31.9 Å². The molecule has 0 radical (unpaired) electrons. The first-order chi connectivity index (χ1) is 12.2. The third-order valence-corrected chi connectivity index (χ3v) is 5.43. The molecule has 2 aromatic rings. The van der Waals surface area contributed by atoms with Crippen molar-refractivity contribution in [2.24, 2.45) is 4.99 Å². The zero-order valence-corrected chi connectivity index (χ0v) is 15.1. The fourth-order valence-corrected chi connectivity index (χ4v) is 4.22. The summed E-state index contributed by atoms with van der Waals surface area (Å²) in [6.07, 6.45) is 5.27. The van der Waals surface area contributed by atoms with Gasteiger partial charge < -0.3 is 20.4 Å². The lowest BCUT2D eigenvalue weighted by molar-refractivity contribution is 0.0992. The van der Waals surface area contributed by atoms with E-state index in [1.165, 1.54) is 35.0 Å². The molecule has 2 aliphatic rings. The van der Waals surface area contributed by atoms with E-state index in [-0.39, 0.29) is 0 Å². The summed E-state index contributed by atoms with van der Waals surface area (Å²) in [6, 6.07) is 8.91. The highest BCUT2D eigenvalue weighted by atomic mass is 16.5. The van der Waals surface area contributed by atoms with Crippen LogP contribution in [0.2, 0.25) is 0 Å². The van der Waals surface area contributed by atoms with Gasteiger partial charge >= 0.3 is 0 Å². The average Bonchev–Trinajstić information content (AvgIpc) is 3.30. The molecule has 2 bridgehead atoms. The maximum atomic E-state index is 5.94. The van der Waals surface area contributed by atoms with E-state index in [9.17, 15) is 0 Å². The summed E-state index contributed by atoms with van der Waals surface area (Å²) in [7, 11) is 0. The van der Waals surface area contributed by atoms with Crippen LogP contribution in [0.4, 0.5) is 0 Å². The van der Waals surface area contributed by atoms with E-state index in [2.05, 4.69) is 53.7 Å². The zero-order chi connectivity index (χ0) is 17.2. The van der Waals surface area contributed by atoms with Gasteiger partial charge in [0.1, 0.15) is 0 Å². The predicted octanol–water partition coefficient (Wildman–Crippen LogP) is 2.89. The molecule has 1 aromatic heterocycles. The maximum Gasteiger partial charge on any atom is 0.191 e. The molecule has 2 saturated heterocycles. The highest BCUT2D eigenvalue weighted by Gasteiger charge is 2.41. The molecular formula is C20H28N4O. The summed E-state index contributed by atoms with van der Waals surface area (Å²) in [4.78, 5) is 8.28. The van der Waals surface area contributed by atoms with Crippen LogP contribution in [-0.4, -0.2) is 42.3 Å². The van der Waals surface area contributed by atoms with Gasteiger partial charge in [-0.15, -0.1) is 0 Å². The highest BCUT2D eigenvalue weighted by molar-refractivity contribution is 5.84. The van der Waals surface area contributed by atoms with Crippen LogP contribution in [-0.2, 0) is 11.2 Å². The summed E-state index contributed by atoms with van der Waals surface area (Å²) < 4.78 is 5.94. The van der Waals surface area contributed by atoms with Crippen molar-refractivity contribution >= 4 is 16.9 Å². The molecule has 0 spiro atoms. The van der Waals surface area contributed by atoms with Gasteiger partial charge in [0.2, 0.25) is 0 Å². The number of fused-ring (bicyclic) bond motifs is 3. The van der Waals surface area contributed by atoms with Crippen LogP contribution >= 0.6 is 0 Å². The summed E-state index contributed by atoms with van der Waals surface area (Å²) >= 11 is 0. The van der Waals surface area contributed by atoms with Gasteiger partial charge in [0.25, 0.3) is 0 Å². The van der Waals surface area contributed by atoms with Gasteiger partial charge in [-0.25, -0.2) is 0 Å². The number of benzene rings is 1. The topological polar surface area (TPSA) is 61.4 Å². The second-order valence-electron chi connectivity index (χ2n) is 7.15. The summed E-state index contributed by atoms with van der Waals surface area (Å²) in [5.74, 6) is 0.918. The Morgan fingerprint density at radius 1 is 1.32 bits per heavy atom. The number of nitrogens with zero attached hydrogens (tertiary/aromatic N) is 1. The van der Waals surface area contributed by atoms with Crippen molar-refractivity contribution in [3.8, 4) is 0 Å². The van der Waals surface area contributed by atoms with Crippen molar-refractivity contribution in [2.45, 2.75) is 57.8 Å². The molecular weight excluding hydrogens is 312 g/mol. The lowest BCUT2D eigenvalue weighted by Gasteiger charge is -2.22. The molecule has 5 nitrogen and oxygen atoms in total. The highest BCUT2D eigenvalue weighted by Crippen LogP contribution is 2.34.